The molecule has 0 rings (SSSR count). The molecule has 0 aromatic rings. The summed E-state index contributed by atoms with van der Waals surface area (Å²) in [7, 11) is 0. The van der Waals surface area contributed by atoms with E-state index in [-0.39, 0.29) is 17.0 Å². The molecular weight excluding hydrogens is 331 g/mol. The summed E-state index contributed by atoms with van der Waals surface area (Å²) in [6.45, 7) is 17.0. The standard InChI is InChI=1S/C10H18FNO.C6H14.C5H11NO/c1-4-5-6-9(8(3)13)10(11)7(2)12;1-3-5-6-4-2;1-5(2,3)6-4-7/h9-10H,2,4-6,12H2,1,3H3;3-6H2,1-2H3;4H,1-3H3,(H,6,7). The van der Waals surface area contributed by atoms with Crippen LogP contribution < -0.4 is 11.1 Å². The van der Waals surface area contributed by atoms with E-state index in [9.17, 15) is 14.0 Å². The van der Waals surface area contributed by atoms with Gasteiger partial charge in [0, 0.05) is 11.2 Å². The first-order valence-electron chi connectivity index (χ1n) is 9.78. The van der Waals surface area contributed by atoms with Gasteiger partial charge in [-0.05, 0) is 34.1 Å². The summed E-state index contributed by atoms with van der Waals surface area (Å²) in [5.74, 6) is -0.745. The van der Waals surface area contributed by atoms with E-state index in [0.29, 0.717) is 12.8 Å². The Morgan fingerprint density at radius 1 is 1.12 bits per heavy atom. The van der Waals surface area contributed by atoms with E-state index in [1.807, 2.05) is 27.7 Å². The van der Waals surface area contributed by atoms with Gasteiger partial charge in [0.15, 0.2) is 0 Å². The van der Waals surface area contributed by atoms with Crippen molar-refractivity contribution in [1.82, 2.24) is 5.32 Å². The Morgan fingerprint density at radius 3 is 1.73 bits per heavy atom. The largest absolute Gasteiger partial charge is 0.400 e. The SMILES string of the molecule is C=C(N)C(F)C(CCCC)C(C)=O.CC(C)(C)NC=O.CCCCCC. The molecule has 0 aromatic heterocycles. The summed E-state index contributed by atoms with van der Waals surface area (Å²) in [6, 6.07) is 0. The smallest absolute Gasteiger partial charge is 0.207 e. The molecule has 0 heterocycles. The predicted octanol–water partition coefficient (Wildman–Crippen LogP) is 5.31. The maximum atomic E-state index is 13.3. The van der Waals surface area contributed by atoms with Crippen LogP contribution in [-0.4, -0.2) is 23.9 Å². The second kappa shape index (κ2) is 18.4. The van der Waals surface area contributed by atoms with Crippen LogP contribution in [0.25, 0.3) is 0 Å². The summed E-state index contributed by atoms with van der Waals surface area (Å²) < 4.78 is 13.3. The summed E-state index contributed by atoms with van der Waals surface area (Å²) in [4.78, 5) is 20.8. The fraction of sp³-hybridized carbons (Fsp3) is 0.810. The van der Waals surface area contributed by atoms with Crippen LogP contribution in [0.1, 0.15) is 93.4 Å². The fourth-order valence-corrected chi connectivity index (χ4v) is 1.91. The van der Waals surface area contributed by atoms with Gasteiger partial charge in [0.25, 0.3) is 0 Å². The highest BCUT2D eigenvalue weighted by Gasteiger charge is 2.25. The highest BCUT2D eigenvalue weighted by molar-refractivity contribution is 5.79. The number of rotatable bonds is 10. The molecule has 0 fully saturated rings. The van der Waals surface area contributed by atoms with Gasteiger partial charge in [-0.2, -0.15) is 0 Å². The molecular formula is C21H43FN2O2. The van der Waals surface area contributed by atoms with Crippen LogP contribution >= 0.6 is 0 Å². The third-order valence-corrected chi connectivity index (χ3v) is 3.55. The van der Waals surface area contributed by atoms with Crippen LogP contribution in [0.3, 0.4) is 0 Å². The molecule has 0 aliphatic rings. The van der Waals surface area contributed by atoms with Gasteiger partial charge in [-0.3, -0.25) is 9.59 Å². The molecule has 0 aliphatic heterocycles. The van der Waals surface area contributed by atoms with Crippen LogP contribution in [0.2, 0.25) is 0 Å². The van der Waals surface area contributed by atoms with Gasteiger partial charge < -0.3 is 11.1 Å². The van der Waals surface area contributed by atoms with Crippen LogP contribution in [-0.2, 0) is 9.59 Å². The van der Waals surface area contributed by atoms with Gasteiger partial charge in [0.05, 0.1) is 5.92 Å². The maximum Gasteiger partial charge on any atom is 0.207 e. The molecule has 156 valence electrons. The lowest BCUT2D eigenvalue weighted by molar-refractivity contribution is -0.122. The van der Waals surface area contributed by atoms with Gasteiger partial charge in [-0.1, -0.05) is 65.9 Å². The van der Waals surface area contributed by atoms with Crippen molar-refractivity contribution in [3.63, 3.8) is 0 Å². The van der Waals surface area contributed by atoms with Crippen molar-refractivity contribution in [2.45, 2.75) is 105 Å². The molecule has 0 aliphatic carbocycles. The second-order valence-electron chi connectivity index (χ2n) is 7.56. The molecule has 3 N–H and O–H groups in total. The van der Waals surface area contributed by atoms with Gasteiger partial charge in [0.1, 0.15) is 12.0 Å². The number of hydrogen-bond donors (Lipinski definition) is 2. The Labute approximate surface area is 161 Å². The average molecular weight is 375 g/mol. The van der Waals surface area contributed by atoms with Gasteiger partial charge >= 0.3 is 0 Å². The first kappa shape index (κ1) is 29.4. The highest BCUT2D eigenvalue weighted by atomic mass is 19.1. The quantitative estimate of drug-likeness (QED) is 0.402. The lowest BCUT2D eigenvalue weighted by atomic mass is 9.92. The minimum Gasteiger partial charge on any atom is -0.400 e. The lowest BCUT2D eigenvalue weighted by Crippen LogP contribution is -2.34. The summed E-state index contributed by atoms with van der Waals surface area (Å²) in [5, 5.41) is 2.60. The van der Waals surface area contributed by atoms with Crippen molar-refractivity contribution >= 4 is 12.2 Å². The maximum absolute atomic E-state index is 13.3. The first-order valence-corrected chi connectivity index (χ1v) is 9.78. The third kappa shape index (κ3) is 22.6. The van der Waals surface area contributed by atoms with Crippen LogP contribution in [0.4, 0.5) is 4.39 Å². The van der Waals surface area contributed by atoms with Crippen molar-refractivity contribution in [1.29, 1.82) is 0 Å². The van der Waals surface area contributed by atoms with E-state index < -0.39 is 12.1 Å². The van der Waals surface area contributed by atoms with E-state index in [4.69, 9.17) is 5.73 Å². The van der Waals surface area contributed by atoms with Gasteiger partial charge in [0.2, 0.25) is 6.41 Å². The fourth-order valence-electron chi connectivity index (χ4n) is 1.91. The van der Waals surface area contributed by atoms with Crippen molar-refractivity contribution in [2.75, 3.05) is 0 Å². The van der Waals surface area contributed by atoms with Gasteiger partial charge in [-0.15, -0.1) is 0 Å². The number of Topliss-reactive ketones (excluding diaryl/α,β-unsaturated/α-hetero) is 1. The first-order chi connectivity index (χ1) is 12.0. The molecule has 2 unspecified atom stereocenters. The van der Waals surface area contributed by atoms with Crippen LogP contribution in [0, 0.1) is 5.92 Å². The molecule has 0 spiro atoms. The molecule has 1 amide bonds. The van der Waals surface area contributed by atoms with Crippen LogP contribution in [0.15, 0.2) is 12.3 Å². The summed E-state index contributed by atoms with van der Waals surface area (Å²) in [5.41, 5.74) is 5.11. The zero-order chi connectivity index (χ0) is 21.2. The number of amides is 1. The van der Waals surface area contributed by atoms with E-state index in [1.54, 1.807) is 0 Å². The number of carbonyl (C=O) groups excluding carboxylic acids is 2. The van der Waals surface area contributed by atoms with Crippen molar-refractivity contribution < 1.29 is 14.0 Å². The molecule has 0 saturated heterocycles. The molecule has 4 nitrogen and oxygen atoms in total. The molecule has 0 radical (unpaired) electrons. The molecule has 26 heavy (non-hydrogen) atoms. The number of nitrogens with one attached hydrogen (secondary N) is 1. The monoisotopic (exact) mass is 374 g/mol. The van der Waals surface area contributed by atoms with E-state index in [1.165, 1.54) is 32.6 Å². The number of alkyl halides is 1. The number of allylic oxidation sites excluding steroid dienone is 1. The Balaban J connectivity index is -0.000000342. The number of carbonyl (C=O) groups is 2. The summed E-state index contributed by atoms with van der Waals surface area (Å²) >= 11 is 0. The predicted molar refractivity (Wildman–Crippen MR) is 111 cm³/mol. The zero-order valence-corrected chi connectivity index (χ0v) is 18.2. The minimum atomic E-state index is -1.39. The molecule has 5 heteroatoms. The Hall–Kier alpha value is -1.39. The molecule has 0 saturated carbocycles. The number of hydrogen-bond acceptors (Lipinski definition) is 3. The molecule has 2 atom stereocenters. The topological polar surface area (TPSA) is 72.2 Å². The normalized spacial score (nSPS) is 12.5. The Bertz CT molecular complexity index is 362. The number of nitrogens with two attached hydrogens (primary N) is 1. The number of ketones is 1. The highest BCUT2D eigenvalue weighted by Crippen LogP contribution is 2.20. The molecule has 0 bridgehead atoms. The average Bonchev–Trinajstić information content (AvgIpc) is 2.52. The molecule has 0 aromatic carbocycles. The van der Waals surface area contributed by atoms with E-state index in [2.05, 4.69) is 25.7 Å². The number of halogens is 1. The zero-order valence-electron chi connectivity index (χ0n) is 18.2. The van der Waals surface area contributed by atoms with Crippen molar-refractivity contribution in [3.05, 3.63) is 12.3 Å². The van der Waals surface area contributed by atoms with E-state index >= 15 is 0 Å². The van der Waals surface area contributed by atoms with Crippen molar-refractivity contribution in [2.24, 2.45) is 11.7 Å². The Morgan fingerprint density at radius 2 is 1.54 bits per heavy atom. The summed E-state index contributed by atoms with van der Waals surface area (Å²) in [6.07, 6.45) is 7.22. The third-order valence-electron chi connectivity index (χ3n) is 3.55. The van der Waals surface area contributed by atoms with E-state index in [0.717, 1.165) is 12.8 Å². The van der Waals surface area contributed by atoms with Crippen molar-refractivity contribution in [3.8, 4) is 0 Å². The Kier molecular flexibility index (Phi) is 20.8. The van der Waals surface area contributed by atoms with Gasteiger partial charge in [-0.25, -0.2) is 4.39 Å². The van der Waals surface area contributed by atoms with Crippen LogP contribution in [0.5, 0.6) is 0 Å². The number of unbranched alkanes of at least 4 members (excludes halogenated alkanes) is 4. The second-order valence-corrected chi connectivity index (χ2v) is 7.56. The minimum absolute atomic E-state index is 0.0451. The lowest BCUT2D eigenvalue weighted by Gasteiger charge is -2.17.